The average molecular weight is 446 g/mol. The number of benzene rings is 2. The van der Waals surface area contributed by atoms with Crippen molar-refractivity contribution in [3.8, 4) is 11.1 Å². The van der Waals surface area contributed by atoms with E-state index < -0.39 is 29.6 Å². The molecule has 3 N–H and O–H groups in total. The first-order valence-electron chi connectivity index (χ1n) is 10.1. The number of rotatable bonds is 8. The van der Waals surface area contributed by atoms with Gasteiger partial charge >= 0.3 is 5.97 Å². The molecule has 2 aromatic carbocycles. The number of methoxy groups -OCH3 is 1. The van der Waals surface area contributed by atoms with Gasteiger partial charge in [-0.15, -0.1) is 0 Å². The van der Waals surface area contributed by atoms with Gasteiger partial charge in [-0.1, -0.05) is 12.1 Å². The normalized spacial score (nSPS) is 12.5. The smallest absolute Gasteiger partial charge is 0.325 e. The molecule has 0 aliphatic carbocycles. The van der Waals surface area contributed by atoms with E-state index in [9.17, 15) is 9.59 Å². The van der Waals surface area contributed by atoms with Gasteiger partial charge in [-0.05, 0) is 69.5 Å². The van der Waals surface area contributed by atoms with Crippen LogP contribution in [0.5, 0.6) is 0 Å². The Hall–Kier alpha value is -3.42. The number of anilines is 1. The highest BCUT2D eigenvalue weighted by Gasteiger charge is 2.23. The lowest BCUT2D eigenvalue weighted by atomic mass is 9.92. The first-order valence-corrected chi connectivity index (χ1v) is 10.1. The van der Waals surface area contributed by atoms with Gasteiger partial charge in [-0.25, -0.2) is 8.78 Å². The number of nitrogens with one attached hydrogen (secondary N) is 2. The molecule has 0 spiro atoms. The largest absolute Gasteiger partial charge is 0.491 e. The van der Waals surface area contributed by atoms with Gasteiger partial charge in [-0.2, -0.15) is 0 Å². The predicted molar refractivity (Wildman–Crippen MR) is 120 cm³/mol. The number of carbonyl (C=O) groups excluding carboxylic acids is 1. The Morgan fingerprint density at radius 1 is 1.03 bits per heavy atom. The van der Waals surface area contributed by atoms with Crippen LogP contribution in [-0.4, -0.2) is 36.2 Å². The lowest BCUT2D eigenvalue weighted by Gasteiger charge is -2.17. The molecule has 0 saturated heterocycles. The van der Waals surface area contributed by atoms with Crippen molar-refractivity contribution in [3.63, 3.8) is 0 Å². The summed E-state index contributed by atoms with van der Waals surface area (Å²) in [4.78, 5) is 23.3. The van der Waals surface area contributed by atoms with Crippen molar-refractivity contribution in [3.05, 3.63) is 58.3 Å². The lowest BCUT2D eigenvalue weighted by Crippen LogP contribution is -2.39. The second-order valence-electron chi connectivity index (χ2n) is 7.79. The number of ether oxygens (including phenoxy) is 1. The van der Waals surface area contributed by atoms with Crippen molar-refractivity contribution in [2.75, 3.05) is 12.4 Å². The van der Waals surface area contributed by atoms with E-state index in [0.717, 1.165) is 11.8 Å². The number of carbonyl (C=O) groups is 2. The molecule has 0 aliphatic rings. The van der Waals surface area contributed by atoms with Crippen LogP contribution < -0.4 is 10.6 Å². The Labute approximate surface area is 186 Å². The monoisotopic (exact) mass is 446 g/mol. The van der Waals surface area contributed by atoms with Crippen molar-refractivity contribution < 1.29 is 28.2 Å². The highest BCUT2D eigenvalue weighted by Crippen LogP contribution is 2.34. The summed E-state index contributed by atoms with van der Waals surface area (Å²) in [6.07, 6.45) is 1.07. The van der Waals surface area contributed by atoms with Crippen LogP contribution >= 0.6 is 0 Å². The Morgan fingerprint density at radius 2 is 1.62 bits per heavy atom. The summed E-state index contributed by atoms with van der Waals surface area (Å²) in [5.74, 6) is -3.74. The molecular weight excluding hydrogens is 418 g/mol. The third-order valence-corrected chi connectivity index (χ3v) is 4.96. The molecule has 172 valence electrons. The molecule has 1 atom stereocenters. The molecule has 0 radical (unpaired) electrons. The molecule has 8 heteroatoms. The van der Waals surface area contributed by atoms with E-state index in [-0.39, 0.29) is 34.1 Å². The summed E-state index contributed by atoms with van der Waals surface area (Å²) in [6.45, 7) is 8.15. The van der Waals surface area contributed by atoms with Crippen molar-refractivity contribution >= 4 is 23.6 Å². The second kappa shape index (κ2) is 10.3. The third kappa shape index (κ3) is 5.43. The first-order chi connectivity index (χ1) is 15.0. The second-order valence-corrected chi connectivity index (χ2v) is 7.79. The van der Waals surface area contributed by atoms with Crippen LogP contribution in [-0.2, 0) is 14.3 Å². The minimum atomic E-state index is -1.24. The number of hydrogen-bond acceptors (Lipinski definition) is 4. The van der Waals surface area contributed by atoms with Crippen LogP contribution in [0.4, 0.5) is 14.5 Å². The van der Waals surface area contributed by atoms with E-state index in [2.05, 4.69) is 10.6 Å². The van der Waals surface area contributed by atoms with Gasteiger partial charge < -0.3 is 20.5 Å². The van der Waals surface area contributed by atoms with Gasteiger partial charge in [0.05, 0.1) is 7.11 Å². The Morgan fingerprint density at radius 3 is 2.12 bits per heavy atom. The molecule has 0 aliphatic heterocycles. The summed E-state index contributed by atoms with van der Waals surface area (Å²) in [6, 6.07) is 6.08. The van der Waals surface area contributed by atoms with Crippen molar-refractivity contribution in [2.45, 2.75) is 46.7 Å². The highest BCUT2D eigenvalue weighted by molar-refractivity contribution is 5.98. The van der Waals surface area contributed by atoms with Crippen molar-refractivity contribution in [2.24, 2.45) is 0 Å². The summed E-state index contributed by atoms with van der Waals surface area (Å²) in [7, 11) is 1.19. The van der Waals surface area contributed by atoms with Gasteiger partial charge in [0.2, 0.25) is 0 Å². The molecule has 2 aromatic rings. The predicted octanol–water partition coefficient (Wildman–Crippen LogP) is 4.65. The van der Waals surface area contributed by atoms with Crippen LogP contribution in [0, 0.1) is 25.5 Å². The zero-order valence-corrected chi connectivity index (χ0v) is 19.0. The highest BCUT2D eigenvalue weighted by atomic mass is 19.1. The molecule has 0 fully saturated rings. The van der Waals surface area contributed by atoms with Crippen molar-refractivity contribution in [1.82, 2.24) is 5.32 Å². The Balaban J connectivity index is 2.51. The summed E-state index contributed by atoms with van der Waals surface area (Å²) in [5.41, 5.74) is 1.46. The van der Waals surface area contributed by atoms with Crippen molar-refractivity contribution in [1.29, 1.82) is 0 Å². The number of hydrogen-bond donors (Lipinski definition) is 3. The van der Waals surface area contributed by atoms with Gasteiger partial charge in [-0.3, -0.25) is 9.59 Å². The van der Waals surface area contributed by atoms with Crippen LogP contribution in [0.25, 0.3) is 17.2 Å². The van der Waals surface area contributed by atoms with E-state index in [1.807, 2.05) is 13.8 Å². The fraction of sp³-hybridized carbons (Fsp3) is 0.333. The average Bonchev–Trinajstić information content (AvgIpc) is 2.73. The number of carboxylic acid groups (broad SMARTS) is 1. The topological polar surface area (TPSA) is 87.7 Å². The van der Waals surface area contributed by atoms with Crippen LogP contribution in [0.1, 0.15) is 37.5 Å². The third-order valence-electron chi connectivity index (χ3n) is 4.96. The summed E-state index contributed by atoms with van der Waals surface area (Å²) in [5, 5.41) is 14.4. The van der Waals surface area contributed by atoms with E-state index in [4.69, 9.17) is 9.84 Å². The number of amides is 1. The van der Waals surface area contributed by atoms with Gasteiger partial charge in [0.25, 0.3) is 5.91 Å². The minimum Gasteiger partial charge on any atom is -0.491 e. The molecule has 0 bridgehead atoms. The van der Waals surface area contributed by atoms with Crippen LogP contribution in [0.15, 0.2) is 30.0 Å². The Kier molecular flexibility index (Phi) is 7.97. The quantitative estimate of drug-likeness (QED) is 0.406. The first kappa shape index (κ1) is 24.8. The SMILES string of the molecule is COC(=Cc1c(C)c(F)c(-c2ccc(NC(C)C)cc2)c(C)c1F)C(=O)N[C@H](C)C(=O)O. The maximum absolute atomic E-state index is 15.3. The van der Waals surface area contributed by atoms with Gasteiger partial charge in [0.15, 0.2) is 5.76 Å². The zero-order chi connectivity index (χ0) is 24.2. The lowest BCUT2D eigenvalue weighted by molar-refractivity contribution is -0.141. The molecule has 2 rings (SSSR count). The maximum atomic E-state index is 15.3. The fourth-order valence-corrected chi connectivity index (χ4v) is 3.21. The molecular formula is C24H28F2N2O4. The molecule has 32 heavy (non-hydrogen) atoms. The minimum absolute atomic E-state index is 0.00103. The molecule has 1 amide bonds. The van der Waals surface area contributed by atoms with E-state index >= 15 is 8.78 Å². The Bertz CT molecular complexity index is 1020. The molecule has 6 nitrogen and oxygen atoms in total. The number of carboxylic acids is 1. The maximum Gasteiger partial charge on any atom is 0.325 e. The van der Waals surface area contributed by atoms with Gasteiger partial charge in [0.1, 0.15) is 17.7 Å². The fourth-order valence-electron chi connectivity index (χ4n) is 3.21. The van der Waals surface area contributed by atoms with E-state index in [0.29, 0.717) is 5.56 Å². The number of aliphatic carboxylic acids is 1. The summed E-state index contributed by atoms with van der Waals surface area (Å²) < 4.78 is 35.6. The zero-order valence-electron chi connectivity index (χ0n) is 19.0. The molecule has 0 aromatic heterocycles. The van der Waals surface area contributed by atoms with Gasteiger partial charge in [0, 0.05) is 22.9 Å². The molecule has 0 heterocycles. The molecule has 0 saturated carbocycles. The summed E-state index contributed by atoms with van der Waals surface area (Å²) >= 11 is 0. The van der Waals surface area contributed by atoms with Crippen LogP contribution in [0.3, 0.4) is 0 Å². The molecule has 0 unspecified atom stereocenters. The van der Waals surface area contributed by atoms with E-state index in [1.54, 1.807) is 24.3 Å². The number of halogens is 2. The van der Waals surface area contributed by atoms with Crippen LogP contribution in [0.2, 0.25) is 0 Å². The van der Waals surface area contributed by atoms with E-state index in [1.165, 1.54) is 27.9 Å². The standard InChI is InChI=1S/C24H28F2N2O4/c1-12(2)27-17-9-7-16(8-10-17)20-14(4)21(25)18(13(3)22(20)26)11-19(32-6)23(29)28-15(5)24(30)31/h7-12,15,27H,1-6H3,(H,28,29)(H,30,31)/t15-/m1/s1.